The monoisotopic (exact) mass is 459 g/mol. The lowest BCUT2D eigenvalue weighted by atomic mass is 9.73. The molecule has 4 heterocycles. The molecule has 0 bridgehead atoms. The molecule has 0 saturated carbocycles. The summed E-state index contributed by atoms with van der Waals surface area (Å²) in [5.41, 5.74) is 1.32. The van der Waals surface area contributed by atoms with Crippen molar-refractivity contribution in [3.05, 3.63) is 29.3 Å². The average molecular weight is 460 g/mol. The minimum absolute atomic E-state index is 0.216. The molecule has 0 aromatic carbocycles. The largest absolute Gasteiger partial charge is 0.465 e. The van der Waals surface area contributed by atoms with Gasteiger partial charge in [-0.2, -0.15) is 0 Å². The molecular weight excluding hydrogens is 430 g/mol. The predicted octanol–water partition coefficient (Wildman–Crippen LogP) is 4.68. The Kier molecular flexibility index (Phi) is 6.16. The van der Waals surface area contributed by atoms with E-state index in [1.165, 1.54) is 4.90 Å². The quantitative estimate of drug-likeness (QED) is 0.694. The number of hydrogen-bond acceptors (Lipinski definition) is 4. The highest BCUT2D eigenvalue weighted by Gasteiger charge is 2.44. The van der Waals surface area contributed by atoms with Gasteiger partial charge in [-0.25, -0.2) is 14.8 Å². The van der Waals surface area contributed by atoms with Gasteiger partial charge in [-0.3, -0.25) is 4.79 Å². The number of aromatic nitrogens is 3. The van der Waals surface area contributed by atoms with E-state index in [1.54, 1.807) is 12.3 Å². The van der Waals surface area contributed by atoms with Gasteiger partial charge in [-0.05, 0) is 37.2 Å². The molecule has 2 aromatic heterocycles. The first-order chi connectivity index (χ1) is 15.2. The highest BCUT2D eigenvalue weighted by molar-refractivity contribution is 6.33. The van der Waals surface area contributed by atoms with Crippen LogP contribution in [-0.2, 0) is 17.8 Å². The number of nitrogens with zero attached hydrogens (tertiary/aromatic N) is 4. The Labute approximate surface area is 193 Å². The highest BCUT2D eigenvalue weighted by atomic mass is 35.5. The number of carboxylic acid groups (broad SMARTS) is 1. The number of imidazole rings is 1. The van der Waals surface area contributed by atoms with Crippen LogP contribution in [0.15, 0.2) is 18.5 Å². The van der Waals surface area contributed by atoms with Crippen molar-refractivity contribution in [1.82, 2.24) is 19.4 Å². The number of nitrogens with one attached hydrogen (secondary N) is 1. The lowest BCUT2D eigenvalue weighted by Gasteiger charge is -2.46. The molecule has 0 spiro atoms. The number of hydrogen-bond donors (Lipinski definition) is 2. The maximum atomic E-state index is 13.3. The zero-order valence-corrected chi connectivity index (χ0v) is 19.5. The van der Waals surface area contributed by atoms with Crippen LogP contribution in [0, 0.1) is 11.3 Å². The van der Waals surface area contributed by atoms with Gasteiger partial charge in [0.1, 0.15) is 11.6 Å². The molecule has 0 radical (unpaired) electrons. The maximum absolute atomic E-state index is 13.3. The van der Waals surface area contributed by atoms with Crippen LogP contribution >= 0.6 is 11.6 Å². The molecule has 2 aliphatic heterocycles. The number of amides is 2. The smallest absolute Gasteiger partial charge is 0.407 e. The Morgan fingerprint density at radius 2 is 1.94 bits per heavy atom. The van der Waals surface area contributed by atoms with Crippen molar-refractivity contribution >= 4 is 29.4 Å². The fraction of sp³-hybridized carbons (Fsp3) is 0.565. The Balaban J connectivity index is 1.60. The second-order valence-electron chi connectivity index (χ2n) is 9.74. The Morgan fingerprint density at radius 3 is 2.66 bits per heavy atom. The number of likely N-dealkylation sites (tertiary alicyclic amines) is 1. The minimum Gasteiger partial charge on any atom is -0.465 e. The van der Waals surface area contributed by atoms with Gasteiger partial charge in [-0.15, -0.1) is 0 Å². The van der Waals surface area contributed by atoms with Crippen molar-refractivity contribution in [3.63, 3.8) is 0 Å². The second-order valence-corrected chi connectivity index (χ2v) is 10.1. The van der Waals surface area contributed by atoms with E-state index in [0.717, 1.165) is 42.9 Å². The van der Waals surface area contributed by atoms with Crippen LogP contribution < -0.4 is 5.32 Å². The Hall–Kier alpha value is -2.61. The standard InChI is InChI=1S/C23H30ClN5O3/c1-23(2,3)20-14(7-6-10-29(20)22(31)32)21(30)27-18-11-15(16(24)12-25-18)17-13-26-19-8-4-5-9-28(17)19/h11-14,20H,4-10H2,1-3H3,(H,31,32)(H,25,27,30)/t14?,20-/m1/s1. The van der Waals surface area contributed by atoms with Crippen LogP contribution in [0.3, 0.4) is 0 Å². The van der Waals surface area contributed by atoms with Crippen LogP contribution in [0.2, 0.25) is 5.02 Å². The van der Waals surface area contributed by atoms with Gasteiger partial charge in [0.25, 0.3) is 0 Å². The van der Waals surface area contributed by atoms with Crippen molar-refractivity contribution in [2.24, 2.45) is 11.3 Å². The highest BCUT2D eigenvalue weighted by Crippen LogP contribution is 2.37. The first kappa shape index (κ1) is 22.6. The molecule has 9 heteroatoms. The number of carbonyl (C=O) groups is 2. The Bertz CT molecular complexity index is 1030. The van der Waals surface area contributed by atoms with Crippen LogP contribution in [0.5, 0.6) is 0 Å². The van der Waals surface area contributed by atoms with E-state index in [1.807, 2.05) is 27.0 Å². The van der Waals surface area contributed by atoms with E-state index < -0.39 is 18.1 Å². The molecule has 2 amide bonds. The summed E-state index contributed by atoms with van der Waals surface area (Å²) in [5, 5.41) is 13.1. The SMILES string of the molecule is CC(C)(C)[C@H]1C(C(=O)Nc2cc(-c3cnc4n3CCCC4)c(Cl)cn2)CCCN1C(=O)O. The third-order valence-electron chi connectivity index (χ3n) is 6.45. The lowest BCUT2D eigenvalue weighted by molar-refractivity contribution is -0.125. The maximum Gasteiger partial charge on any atom is 0.407 e. The summed E-state index contributed by atoms with van der Waals surface area (Å²) in [4.78, 5) is 35.4. The molecular formula is C23H30ClN5O3. The van der Waals surface area contributed by atoms with Crippen molar-refractivity contribution in [2.45, 2.75) is 65.5 Å². The fourth-order valence-electron chi connectivity index (χ4n) is 5.11. The summed E-state index contributed by atoms with van der Waals surface area (Å²) in [6.07, 6.45) is 6.84. The predicted molar refractivity (Wildman–Crippen MR) is 123 cm³/mol. The third kappa shape index (κ3) is 4.33. The number of fused-ring (bicyclic) bond motifs is 1. The topological polar surface area (TPSA) is 100 Å². The van der Waals surface area contributed by atoms with Gasteiger partial charge >= 0.3 is 6.09 Å². The van der Waals surface area contributed by atoms with Gasteiger partial charge in [0.05, 0.1) is 28.9 Å². The van der Waals surface area contributed by atoms with Crippen LogP contribution in [0.4, 0.5) is 10.6 Å². The molecule has 1 saturated heterocycles. The van der Waals surface area contributed by atoms with Crippen LogP contribution in [0.25, 0.3) is 11.3 Å². The molecule has 2 aliphatic rings. The number of rotatable bonds is 3. The van der Waals surface area contributed by atoms with E-state index in [0.29, 0.717) is 30.2 Å². The first-order valence-electron chi connectivity index (χ1n) is 11.2. The molecule has 4 rings (SSSR count). The summed E-state index contributed by atoms with van der Waals surface area (Å²) in [7, 11) is 0. The molecule has 2 N–H and O–H groups in total. The second kappa shape index (κ2) is 8.73. The molecule has 8 nitrogen and oxygen atoms in total. The van der Waals surface area contributed by atoms with Gasteiger partial charge in [-0.1, -0.05) is 32.4 Å². The molecule has 2 atom stereocenters. The molecule has 2 aromatic rings. The van der Waals surface area contributed by atoms with Crippen molar-refractivity contribution < 1.29 is 14.7 Å². The number of carbonyl (C=O) groups excluding carboxylic acids is 1. The summed E-state index contributed by atoms with van der Waals surface area (Å²) in [6, 6.07) is 1.37. The zero-order valence-electron chi connectivity index (χ0n) is 18.8. The van der Waals surface area contributed by atoms with Gasteiger partial charge in [0, 0.05) is 31.3 Å². The normalized spacial score (nSPS) is 21.2. The van der Waals surface area contributed by atoms with Crippen molar-refractivity contribution in [3.8, 4) is 11.3 Å². The molecule has 1 fully saturated rings. The van der Waals surface area contributed by atoms with E-state index >= 15 is 0 Å². The number of pyridine rings is 1. The van der Waals surface area contributed by atoms with Gasteiger partial charge in [0.15, 0.2) is 0 Å². The summed E-state index contributed by atoms with van der Waals surface area (Å²) < 4.78 is 2.18. The fourth-order valence-corrected chi connectivity index (χ4v) is 5.31. The zero-order chi connectivity index (χ0) is 23.0. The van der Waals surface area contributed by atoms with E-state index in [2.05, 4.69) is 19.9 Å². The number of anilines is 1. The summed E-state index contributed by atoms with van der Waals surface area (Å²) >= 11 is 6.46. The molecule has 1 unspecified atom stereocenters. The van der Waals surface area contributed by atoms with Crippen molar-refractivity contribution in [2.75, 3.05) is 11.9 Å². The minimum atomic E-state index is -0.986. The van der Waals surface area contributed by atoms with E-state index in [4.69, 9.17) is 11.6 Å². The average Bonchev–Trinajstić information content (AvgIpc) is 3.18. The van der Waals surface area contributed by atoms with Crippen molar-refractivity contribution in [1.29, 1.82) is 0 Å². The molecule has 172 valence electrons. The van der Waals surface area contributed by atoms with Gasteiger partial charge < -0.3 is 19.9 Å². The lowest BCUT2D eigenvalue weighted by Crippen LogP contribution is -2.57. The number of aryl methyl sites for hydroxylation is 1. The summed E-state index contributed by atoms with van der Waals surface area (Å²) in [5.74, 6) is 0.782. The van der Waals surface area contributed by atoms with Gasteiger partial charge in [0.2, 0.25) is 5.91 Å². The van der Waals surface area contributed by atoms with Crippen LogP contribution in [-0.4, -0.2) is 49.1 Å². The third-order valence-corrected chi connectivity index (χ3v) is 6.75. The first-order valence-corrected chi connectivity index (χ1v) is 11.6. The number of piperidine rings is 1. The van der Waals surface area contributed by atoms with Crippen LogP contribution in [0.1, 0.15) is 52.3 Å². The summed E-state index contributed by atoms with van der Waals surface area (Å²) in [6.45, 7) is 7.25. The Morgan fingerprint density at radius 1 is 1.16 bits per heavy atom. The van der Waals surface area contributed by atoms with E-state index in [-0.39, 0.29) is 11.3 Å². The molecule has 0 aliphatic carbocycles. The molecule has 32 heavy (non-hydrogen) atoms. The van der Waals surface area contributed by atoms with E-state index in [9.17, 15) is 14.7 Å². The number of halogens is 1.